The van der Waals surface area contributed by atoms with Crippen molar-refractivity contribution < 1.29 is 9.53 Å². The van der Waals surface area contributed by atoms with Gasteiger partial charge >= 0.3 is 0 Å². The molecule has 0 atom stereocenters. The summed E-state index contributed by atoms with van der Waals surface area (Å²) >= 11 is 6.18. The number of fused-ring (bicyclic) bond motifs is 1. The summed E-state index contributed by atoms with van der Waals surface area (Å²) in [6, 6.07) is 18.0. The van der Waals surface area contributed by atoms with Gasteiger partial charge in [-0.05, 0) is 79.3 Å². The van der Waals surface area contributed by atoms with E-state index >= 15 is 0 Å². The number of ether oxygens (including phenoxy) is 1. The second-order valence-electron chi connectivity index (χ2n) is 8.83. The van der Waals surface area contributed by atoms with E-state index in [1.807, 2.05) is 47.4 Å². The summed E-state index contributed by atoms with van der Waals surface area (Å²) in [6.45, 7) is 3.81. The van der Waals surface area contributed by atoms with Crippen LogP contribution in [0.5, 0.6) is 5.75 Å². The van der Waals surface area contributed by atoms with Crippen molar-refractivity contribution in [1.29, 1.82) is 0 Å². The number of hydrogen-bond donors (Lipinski definition) is 0. The van der Waals surface area contributed by atoms with Gasteiger partial charge < -0.3 is 14.0 Å². The molecule has 1 fully saturated rings. The lowest BCUT2D eigenvalue weighted by atomic mass is 10.0. The van der Waals surface area contributed by atoms with E-state index in [4.69, 9.17) is 21.3 Å². The zero-order valence-electron chi connectivity index (χ0n) is 19.6. The first kappa shape index (κ1) is 22.5. The maximum absolute atomic E-state index is 12.9. The molecule has 1 aliphatic rings. The average Bonchev–Trinajstić information content (AvgIpc) is 3.51. The van der Waals surface area contributed by atoms with Crippen molar-refractivity contribution >= 4 is 23.2 Å². The Labute approximate surface area is 205 Å². The van der Waals surface area contributed by atoms with E-state index in [0.29, 0.717) is 12.8 Å². The molecule has 3 heterocycles. The highest BCUT2D eigenvalue weighted by Crippen LogP contribution is 2.31. The Balaban J connectivity index is 1.59. The number of aryl methyl sites for hydroxylation is 2. The molecule has 6 heteroatoms. The number of hydrogen-bond acceptors (Lipinski definition) is 3. The minimum Gasteiger partial charge on any atom is -0.497 e. The SMILES string of the molecule is COc1cccc(-c2nc3ccc(-c4ccc(Cl)cc4C)cn3c2CCC(=O)N2CCCC2)c1. The molecule has 0 aliphatic carbocycles. The maximum Gasteiger partial charge on any atom is 0.222 e. The number of likely N-dealkylation sites (tertiary alicyclic amines) is 1. The third-order valence-electron chi connectivity index (χ3n) is 6.59. The Morgan fingerprint density at radius 3 is 2.65 bits per heavy atom. The van der Waals surface area contributed by atoms with Gasteiger partial charge in [0.25, 0.3) is 0 Å². The van der Waals surface area contributed by atoms with Gasteiger partial charge in [0.1, 0.15) is 11.4 Å². The van der Waals surface area contributed by atoms with E-state index < -0.39 is 0 Å². The topological polar surface area (TPSA) is 46.8 Å². The van der Waals surface area contributed by atoms with Crippen LogP contribution in [0.15, 0.2) is 60.8 Å². The number of aromatic nitrogens is 2. The number of carbonyl (C=O) groups excluding carboxylic acids is 1. The summed E-state index contributed by atoms with van der Waals surface area (Å²) in [6.07, 6.45) is 5.40. The van der Waals surface area contributed by atoms with Gasteiger partial charge in [-0.25, -0.2) is 4.98 Å². The number of amides is 1. The highest BCUT2D eigenvalue weighted by molar-refractivity contribution is 6.30. The molecule has 0 spiro atoms. The Morgan fingerprint density at radius 1 is 1.06 bits per heavy atom. The lowest BCUT2D eigenvalue weighted by molar-refractivity contribution is -0.130. The van der Waals surface area contributed by atoms with Crippen molar-refractivity contribution in [1.82, 2.24) is 14.3 Å². The molecule has 0 N–H and O–H groups in total. The highest BCUT2D eigenvalue weighted by Gasteiger charge is 2.21. The molecule has 2 aromatic carbocycles. The van der Waals surface area contributed by atoms with Crippen molar-refractivity contribution in [2.75, 3.05) is 20.2 Å². The Morgan fingerprint density at radius 2 is 1.88 bits per heavy atom. The van der Waals surface area contributed by atoms with Crippen LogP contribution in [-0.2, 0) is 11.2 Å². The second-order valence-corrected chi connectivity index (χ2v) is 9.27. The molecular formula is C28H28ClN3O2. The molecule has 5 nitrogen and oxygen atoms in total. The molecule has 1 saturated heterocycles. The third kappa shape index (κ3) is 4.40. The summed E-state index contributed by atoms with van der Waals surface area (Å²) in [5, 5.41) is 0.728. The lowest BCUT2D eigenvalue weighted by Gasteiger charge is -2.15. The zero-order chi connectivity index (χ0) is 23.7. The fourth-order valence-corrected chi connectivity index (χ4v) is 5.02. The van der Waals surface area contributed by atoms with Gasteiger partial charge in [-0.2, -0.15) is 0 Å². The highest BCUT2D eigenvalue weighted by atomic mass is 35.5. The van der Waals surface area contributed by atoms with Crippen LogP contribution in [0.2, 0.25) is 5.02 Å². The van der Waals surface area contributed by atoms with Crippen LogP contribution < -0.4 is 4.74 Å². The summed E-state index contributed by atoms with van der Waals surface area (Å²) in [5.41, 5.74) is 7.09. The molecule has 0 radical (unpaired) electrons. The summed E-state index contributed by atoms with van der Waals surface area (Å²) in [4.78, 5) is 19.8. The first-order valence-electron chi connectivity index (χ1n) is 11.7. The molecular weight excluding hydrogens is 446 g/mol. The predicted octanol–water partition coefficient (Wildman–Crippen LogP) is 6.19. The van der Waals surface area contributed by atoms with Crippen LogP contribution in [0.25, 0.3) is 28.0 Å². The number of carbonyl (C=O) groups is 1. The second kappa shape index (κ2) is 9.51. The quantitative estimate of drug-likeness (QED) is 0.335. The first-order chi connectivity index (χ1) is 16.5. The number of imidazole rings is 1. The predicted molar refractivity (Wildman–Crippen MR) is 136 cm³/mol. The van der Waals surface area contributed by atoms with Gasteiger partial charge in [-0.3, -0.25) is 4.79 Å². The fourth-order valence-electron chi connectivity index (χ4n) is 4.79. The van der Waals surface area contributed by atoms with Gasteiger partial charge in [0.15, 0.2) is 0 Å². The smallest absolute Gasteiger partial charge is 0.222 e. The van der Waals surface area contributed by atoms with E-state index in [1.165, 1.54) is 0 Å². The largest absolute Gasteiger partial charge is 0.497 e. The zero-order valence-corrected chi connectivity index (χ0v) is 20.3. The molecule has 0 bridgehead atoms. The van der Waals surface area contributed by atoms with Gasteiger partial charge in [-0.15, -0.1) is 0 Å². The molecule has 0 saturated carbocycles. The van der Waals surface area contributed by atoms with Crippen LogP contribution in [0.4, 0.5) is 0 Å². The summed E-state index contributed by atoms with van der Waals surface area (Å²) in [5.74, 6) is 1.000. The lowest BCUT2D eigenvalue weighted by Crippen LogP contribution is -2.27. The number of rotatable bonds is 6. The molecule has 1 amide bonds. The van der Waals surface area contributed by atoms with Gasteiger partial charge in [0.2, 0.25) is 5.91 Å². The van der Waals surface area contributed by atoms with Crippen LogP contribution in [0.1, 0.15) is 30.5 Å². The molecule has 2 aromatic heterocycles. The van der Waals surface area contributed by atoms with Crippen LogP contribution >= 0.6 is 11.6 Å². The van der Waals surface area contributed by atoms with Crippen LogP contribution in [-0.4, -0.2) is 40.4 Å². The number of nitrogens with zero attached hydrogens (tertiary/aromatic N) is 3. The molecule has 5 rings (SSSR count). The van der Waals surface area contributed by atoms with Gasteiger partial charge in [0, 0.05) is 36.3 Å². The number of pyridine rings is 1. The van der Waals surface area contributed by atoms with Gasteiger partial charge in [0.05, 0.1) is 18.5 Å². The van der Waals surface area contributed by atoms with Crippen LogP contribution in [0.3, 0.4) is 0 Å². The van der Waals surface area contributed by atoms with Crippen molar-refractivity contribution in [2.45, 2.75) is 32.6 Å². The average molecular weight is 474 g/mol. The number of halogens is 1. The van der Waals surface area contributed by atoms with Crippen molar-refractivity contribution in [3.05, 3.63) is 77.1 Å². The summed E-state index contributed by atoms with van der Waals surface area (Å²) in [7, 11) is 1.67. The first-order valence-corrected chi connectivity index (χ1v) is 12.1. The van der Waals surface area contributed by atoms with E-state index in [-0.39, 0.29) is 5.91 Å². The number of benzene rings is 2. The molecule has 34 heavy (non-hydrogen) atoms. The normalized spacial score (nSPS) is 13.6. The van der Waals surface area contributed by atoms with Crippen LogP contribution in [0, 0.1) is 6.92 Å². The Hall–Kier alpha value is -3.31. The van der Waals surface area contributed by atoms with Crippen molar-refractivity contribution in [3.8, 4) is 28.1 Å². The molecule has 174 valence electrons. The minimum absolute atomic E-state index is 0.216. The van der Waals surface area contributed by atoms with E-state index in [9.17, 15) is 4.79 Å². The summed E-state index contributed by atoms with van der Waals surface area (Å²) < 4.78 is 7.58. The fraction of sp³-hybridized carbons (Fsp3) is 0.286. The molecule has 1 aliphatic heterocycles. The van der Waals surface area contributed by atoms with E-state index in [2.05, 4.69) is 29.7 Å². The molecule has 4 aromatic rings. The Kier molecular flexibility index (Phi) is 6.29. The van der Waals surface area contributed by atoms with Crippen molar-refractivity contribution in [3.63, 3.8) is 0 Å². The Bertz CT molecular complexity index is 1360. The maximum atomic E-state index is 12.9. The number of methoxy groups -OCH3 is 1. The monoisotopic (exact) mass is 473 g/mol. The van der Waals surface area contributed by atoms with Gasteiger partial charge in [-0.1, -0.05) is 29.8 Å². The minimum atomic E-state index is 0.216. The third-order valence-corrected chi connectivity index (χ3v) is 6.83. The standard InChI is InChI=1S/C28H28ClN3O2/c1-19-16-22(29)9-10-24(19)21-8-12-26-30-28(20-6-5-7-23(17-20)34-2)25(32(26)18-21)11-13-27(33)31-14-3-4-15-31/h5-10,12,16-18H,3-4,11,13-15H2,1-2H3. The van der Waals surface area contributed by atoms with E-state index in [0.717, 1.165) is 76.0 Å². The molecule has 0 unspecified atom stereocenters. The van der Waals surface area contributed by atoms with E-state index in [1.54, 1.807) is 7.11 Å². The van der Waals surface area contributed by atoms with Crippen molar-refractivity contribution in [2.24, 2.45) is 0 Å².